The second kappa shape index (κ2) is 4.51. The zero-order chi connectivity index (χ0) is 9.84. The van der Waals surface area contributed by atoms with Gasteiger partial charge in [0, 0.05) is 11.8 Å². The molecule has 0 aliphatic heterocycles. The van der Waals surface area contributed by atoms with E-state index in [0.29, 0.717) is 16.6 Å². The van der Waals surface area contributed by atoms with Gasteiger partial charge in [-0.2, -0.15) is 11.8 Å². The van der Waals surface area contributed by atoms with E-state index in [2.05, 4.69) is 13.8 Å². The van der Waals surface area contributed by atoms with Gasteiger partial charge in [0.15, 0.2) is 0 Å². The van der Waals surface area contributed by atoms with Gasteiger partial charge in [0.1, 0.15) is 11.6 Å². The van der Waals surface area contributed by atoms with Crippen LogP contribution in [0.5, 0.6) is 5.75 Å². The van der Waals surface area contributed by atoms with Gasteiger partial charge in [0.2, 0.25) is 0 Å². The molecule has 13 heavy (non-hydrogen) atoms. The predicted octanol–water partition coefficient (Wildman–Crippen LogP) is 3.17. The maximum absolute atomic E-state index is 13.1. The lowest BCUT2D eigenvalue weighted by molar-refractivity contribution is 0.468. The van der Waals surface area contributed by atoms with Gasteiger partial charge in [0.25, 0.3) is 0 Å². The summed E-state index contributed by atoms with van der Waals surface area (Å²) >= 11 is 1.68. The normalized spacial score (nSPS) is 10.8. The highest BCUT2D eigenvalue weighted by Gasteiger charge is 2.04. The first-order valence-corrected chi connectivity index (χ1v) is 5.23. The fraction of sp³-hybridized carbons (Fsp3) is 0.400. The minimum Gasteiger partial charge on any atom is -0.508 e. The molecule has 0 unspecified atom stereocenters. The molecule has 0 saturated carbocycles. The number of rotatable bonds is 3. The zero-order valence-electron chi connectivity index (χ0n) is 7.75. The van der Waals surface area contributed by atoms with E-state index in [0.717, 1.165) is 6.07 Å². The first-order chi connectivity index (χ1) is 6.09. The van der Waals surface area contributed by atoms with Crippen molar-refractivity contribution in [3.8, 4) is 5.75 Å². The number of halogens is 1. The molecule has 0 saturated heterocycles. The van der Waals surface area contributed by atoms with Gasteiger partial charge in [0.05, 0.1) is 0 Å². The fourth-order valence-corrected chi connectivity index (χ4v) is 1.66. The van der Waals surface area contributed by atoms with Crippen LogP contribution in [0.1, 0.15) is 19.4 Å². The topological polar surface area (TPSA) is 20.2 Å². The Kier molecular flexibility index (Phi) is 3.60. The standard InChI is InChI=1S/C10H13FOS/c1-7(2)13-6-8-3-4-9(12)5-10(8)11/h3-5,7,12H,6H2,1-2H3. The van der Waals surface area contributed by atoms with Crippen LogP contribution in [0.15, 0.2) is 18.2 Å². The Balaban J connectivity index is 2.67. The van der Waals surface area contributed by atoms with Crippen LogP contribution in [-0.2, 0) is 5.75 Å². The molecule has 0 aliphatic rings. The Morgan fingerprint density at radius 2 is 2.15 bits per heavy atom. The largest absolute Gasteiger partial charge is 0.508 e. The first kappa shape index (κ1) is 10.4. The smallest absolute Gasteiger partial charge is 0.130 e. The molecule has 0 spiro atoms. The molecule has 72 valence electrons. The molecule has 0 fully saturated rings. The monoisotopic (exact) mass is 200 g/mol. The fourth-order valence-electron chi connectivity index (χ4n) is 0.910. The van der Waals surface area contributed by atoms with Gasteiger partial charge >= 0.3 is 0 Å². The van der Waals surface area contributed by atoms with E-state index < -0.39 is 0 Å². The van der Waals surface area contributed by atoms with E-state index in [-0.39, 0.29) is 11.6 Å². The molecule has 0 atom stereocenters. The molecule has 0 bridgehead atoms. The second-order valence-corrected chi connectivity index (χ2v) is 4.70. The average molecular weight is 200 g/mol. The van der Waals surface area contributed by atoms with Crippen molar-refractivity contribution < 1.29 is 9.50 Å². The highest BCUT2D eigenvalue weighted by molar-refractivity contribution is 7.99. The van der Waals surface area contributed by atoms with Crippen LogP contribution < -0.4 is 0 Å². The lowest BCUT2D eigenvalue weighted by atomic mass is 10.2. The lowest BCUT2D eigenvalue weighted by Gasteiger charge is -2.05. The summed E-state index contributed by atoms with van der Waals surface area (Å²) in [5, 5.41) is 9.46. The molecule has 0 amide bonds. The minimum atomic E-state index is -0.326. The van der Waals surface area contributed by atoms with E-state index in [9.17, 15) is 4.39 Å². The Bertz CT molecular complexity index is 286. The van der Waals surface area contributed by atoms with Crippen LogP contribution in [0.25, 0.3) is 0 Å². The van der Waals surface area contributed by atoms with Crippen molar-refractivity contribution in [3.05, 3.63) is 29.6 Å². The van der Waals surface area contributed by atoms with Gasteiger partial charge in [-0.05, 0) is 16.9 Å². The molecule has 0 aliphatic carbocycles. The number of phenols is 1. The molecule has 1 rings (SSSR count). The second-order valence-electron chi connectivity index (χ2n) is 3.14. The molecule has 1 N–H and O–H groups in total. The third-order valence-electron chi connectivity index (χ3n) is 1.61. The van der Waals surface area contributed by atoms with Crippen LogP contribution in [0, 0.1) is 5.82 Å². The van der Waals surface area contributed by atoms with E-state index in [4.69, 9.17) is 5.11 Å². The summed E-state index contributed by atoms with van der Waals surface area (Å²) in [6.45, 7) is 4.14. The maximum atomic E-state index is 13.1. The molecule has 0 aromatic heterocycles. The number of hydrogen-bond acceptors (Lipinski definition) is 2. The summed E-state index contributed by atoms with van der Waals surface area (Å²) in [6.07, 6.45) is 0. The maximum Gasteiger partial charge on any atom is 0.130 e. The third-order valence-corrected chi connectivity index (χ3v) is 2.75. The summed E-state index contributed by atoms with van der Waals surface area (Å²) in [5.74, 6) is 0.313. The van der Waals surface area contributed by atoms with Crippen molar-refractivity contribution in [1.29, 1.82) is 0 Å². The Morgan fingerprint density at radius 1 is 1.46 bits per heavy atom. The van der Waals surface area contributed by atoms with Crippen molar-refractivity contribution in [1.82, 2.24) is 0 Å². The van der Waals surface area contributed by atoms with Crippen LogP contribution in [0.2, 0.25) is 0 Å². The number of benzene rings is 1. The molecule has 0 radical (unpaired) electrons. The summed E-state index contributed by atoms with van der Waals surface area (Å²) in [7, 11) is 0. The van der Waals surface area contributed by atoms with E-state index in [1.807, 2.05) is 0 Å². The summed E-state index contributed by atoms with van der Waals surface area (Å²) in [4.78, 5) is 0. The van der Waals surface area contributed by atoms with Crippen LogP contribution in [0.4, 0.5) is 4.39 Å². The van der Waals surface area contributed by atoms with Crippen LogP contribution >= 0.6 is 11.8 Å². The molecule has 1 nitrogen and oxygen atoms in total. The average Bonchev–Trinajstić information content (AvgIpc) is 2.02. The molecule has 1 aromatic rings. The summed E-state index contributed by atoms with van der Waals surface area (Å²) < 4.78 is 13.1. The Hall–Kier alpha value is -0.700. The van der Waals surface area contributed by atoms with Crippen LogP contribution in [-0.4, -0.2) is 10.4 Å². The zero-order valence-corrected chi connectivity index (χ0v) is 8.57. The van der Waals surface area contributed by atoms with Gasteiger partial charge < -0.3 is 5.11 Å². The first-order valence-electron chi connectivity index (χ1n) is 4.18. The van der Waals surface area contributed by atoms with Gasteiger partial charge in [-0.15, -0.1) is 0 Å². The minimum absolute atomic E-state index is 0.0178. The van der Waals surface area contributed by atoms with Crippen molar-refractivity contribution in [3.63, 3.8) is 0 Å². The van der Waals surface area contributed by atoms with Crippen molar-refractivity contribution in [2.45, 2.75) is 24.9 Å². The van der Waals surface area contributed by atoms with Gasteiger partial charge in [-0.1, -0.05) is 19.9 Å². The van der Waals surface area contributed by atoms with Gasteiger partial charge in [-0.3, -0.25) is 0 Å². The number of hydrogen-bond donors (Lipinski definition) is 1. The Morgan fingerprint density at radius 3 is 2.69 bits per heavy atom. The van der Waals surface area contributed by atoms with E-state index >= 15 is 0 Å². The molecule has 3 heteroatoms. The highest BCUT2D eigenvalue weighted by Crippen LogP contribution is 2.21. The van der Waals surface area contributed by atoms with E-state index in [1.54, 1.807) is 17.8 Å². The summed E-state index contributed by atoms with van der Waals surface area (Å²) in [5.41, 5.74) is 0.650. The van der Waals surface area contributed by atoms with Crippen molar-refractivity contribution in [2.75, 3.05) is 0 Å². The number of phenolic OH excluding ortho intramolecular Hbond substituents is 1. The highest BCUT2D eigenvalue weighted by atomic mass is 32.2. The molecule has 1 aromatic carbocycles. The van der Waals surface area contributed by atoms with Crippen molar-refractivity contribution >= 4 is 11.8 Å². The predicted molar refractivity (Wildman–Crippen MR) is 54.5 cm³/mol. The number of aromatic hydroxyl groups is 1. The quantitative estimate of drug-likeness (QED) is 0.808. The molecular formula is C10H13FOS. The van der Waals surface area contributed by atoms with Crippen molar-refractivity contribution in [2.24, 2.45) is 0 Å². The molecule has 0 heterocycles. The SMILES string of the molecule is CC(C)SCc1ccc(O)cc1F. The van der Waals surface area contributed by atoms with E-state index in [1.165, 1.54) is 6.07 Å². The Labute approximate surface area is 82.0 Å². The van der Waals surface area contributed by atoms with Crippen LogP contribution in [0.3, 0.4) is 0 Å². The third kappa shape index (κ3) is 3.27. The van der Waals surface area contributed by atoms with Gasteiger partial charge in [-0.25, -0.2) is 4.39 Å². The number of thioether (sulfide) groups is 1. The summed E-state index contributed by atoms with van der Waals surface area (Å²) in [6, 6.07) is 4.29. The molecular weight excluding hydrogens is 187 g/mol. The lowest BCUT2D eigenvalue weighted by Crippen LogP contribution is -1.91.